The van der Waals surface area contributed by atoms with Crippen LogP contribution in [0, 0.1) is 17.6 Å². The second kappa shape index (κ2) is 8.22. The molecule has 0 saturated carbocycles. The molecule has 158 valence electrons. The fraction of sp³-hybridized carbons (Fsp3) is 0.318. The molecule has 2 unspecified atom stereocenters. The molecule has 2 atom stereocenters. The maximum atomic E-state index is 13.6. The first-order valence-corrected chi connectivity index (χ1v) is 9.57. The Balaban J connectivity index is 1.76. The van der Waals surface area contributed by atoms with E-state index >= 15 is 0 Å². The van der Waals surface area contributed by atoms with E-state index in [0.29, 0.717) is 0 Å². The molecule has 3 rings (SSSR count). The number of nitrogens with zero attached hydrogens (tertiary/aromatic N) is 1. The number of benzene rings is 2. The average molecular weight is 415 g/mol. The molecular formula is C22H23F2N3O3. The Morgan fingerprint density at radius 1 is 1.10 bits per heavy atom. The third-order valence-electron chi connectivity index (χ3n) is 5.22. The fourth-order valence-electron chi connectivity index (χ4n) is 3.50. The highest BCUT2D eigenvalue weighted by Crippen LogP contribution is 2.30. The molecule has 0 bridgehead atoms. The summed E-state index contributed by atoms with van der Waals surface area (Å²) in [5.74, 6) is -3.33. The minimum atomic E-state index is -1.59. The molecule has 2 aromatic carbocycles. The summed E-state index contributed by atoms with van der Waals surface area (Å²) in [6, 6.07) is 11.3. The summed E-state index contributed by atoms with van der Waals surface area (Å²) >= 11 is 0. The smallest absolute Gasteiger partial charge is 0.325 e. The highest BCUT2D eigenvalue weighted by molar-refractivity contribution is 6.09. The lowest BCUT2D eigenvalue weighted by Crippen LogP contribution is -2.44. The Morgan fingerprint density at radius 2 is 1.77 bits per heavy atom. The van der Waals surface area contributed by atoms with Gasteiger partial charge in [-0.15, -0.1) is 0 Å². The van der Waals surface area contributed by atoms with Gasteiger partial charge in [0, 0.05) is 0 Å². The van der Waals surface area contributed by atoms with Crippen molar-refractivity contribution in [3.63, 3.8) is 0 Å². The van der Waals surface area contributed by atoms with Crippen molar-refractivity contribution in [3.05, 3.63) is 71.3 Å². The van der Waals surface area contributed by atoms with Crippen LogP contribution < -0.4 is 10.6 Å². The number of carbonyl (C=O) groups is 3. The third kappa shape index (κ3) is 4.03. The molecule has 0 spiro atoms. The maximum Gasteiger partial charge on any atom is 0.325 e. The van der Waals surface area contributed by atoms with Gasteiger partial charge in [-0.25, -0.2) is 13.6 Å². The van der Waals surface area contributed by atoms with Gasteiger partial charge in [-0.2, -0.15) is 0 Å². The predicted molar refractivity (Wildman–Crippen MR) is 106 cm³/mol. The van der Waals surface area contributed by atoms with Crippen molar-refractivity contribution in [1.82, 2.24) is 15.5 Å². The van der Waals surface area contributed by atoms with Gasteiger partial charge in [-0.05, 0) is 36.1 Å². The van der Waals surface area contributed by atoms with E-state index in [4.69, 9.17) is 0 Å². The number of urea groups is 1. The number of halogens is 2. The molecule has 1 aliphatic rings. The van der Waals surface area contributed by atoms with E-state index in [1.165, 1.54) is 13.0 Å². The van der Waals surface area contributed by atoms with Crippen LogP contribution in [0.2, 0.25) is 0 Å². The van der Waals surface area contributed by atoms with E-state index in [1.807, 2.05) is 44.2 Å². The van der Waals surface area contributed by atoms with E-state index in [1.54, 1.807) is 0 Å². The number of nitrogens with one attached hydrogen (secondary N) is 2. The molecule has 1 heterocycles. The molecule has 2 aromatic rings. The molecule has 0 radical (unpaired) electrons. The summed E-state index contributed by atoms with van der Waals surface area (Å²) in [7, 11) is 0. The minimum Gasteiger partial charge on any atom is -0.347 e. The zero-order valence-corrected chi connectivity index (χ0v) is 16.9. The lowest BCUT2D eigenvalue weighted by molar-refractivity contribution is -0.135. The highest BCUT2D eigenvalue weighted by Gasteiger charge is 2.49. The Labute approximate surface area is 173 Å². The van der Waals surface area contributed by atoms with Crippen LogP contribution in [-0.2, 0) is 15.1 Å². The fourth-order valence-corrected chi connectivity index (χ4v) is 3.50. The highest BCUT2D eigenvalue weighted by atomic mass is 19.2. The standard InChI is InChI=1S/C22H23F2N3O3/c1-13(2)19(14-7-5-4-6-8-14)25-18(28)12-27-20(29)22(3,26-21(27)30)15-9-10-16(23)17(24)11-15/h4-11,13,19H,12H2,1-3H3,(H,25,28)(H,26,30). The molecule has 1 saturated heterocycles. The van der Waals surface area contributed by atoms with Crippen LogP contribution in [0.3, 0.4) is 0 Å². The minimum absolute atomic E-state index is 0.0758. The molecular weight excluding hydrogens is 392 g/mol. The SMILES string of the molecule is CC(C)C(NC(=O)CN1C(=O)NC(C)(c2ccc(F)c(F)c2)C1=O)c1ccccc1. The second-order valence-corrected chi connectivity index (χ2v) is 7.78. The Hall–Kier alpha value is -3.29. The van der Waals surface area contributed by atoms with Crippen LogP contribution in [0.4, 0.5) is 13.6 Å². The lowest BCUT2D eigenvalue weighted by Gasteiger charge is -2.25. The third-order valence-corrected chi connectivity index (χ3v) is 5.22. The van der Waals surface area contributed by atoms with Crippen molar-refractivity contribution in [2.75, 3.05) is 6.54 Å². The van der Waals surface area contributed by atoms with Crippen LogP contribution in [0.15, 0.2) is 48.5 Å². The molecule has 2 N–H and O–H groups in total. The first kappa shape index (κ1) is 21.4. The summed E-state index contributed by atoms with van der Waals surface area (Å²) in [6.45, 7) is 4.80. The monoisotopic (exact) mass is 415 g/mol. The van der Waals surface area contributed by atoms with Gasteiger partial charge < -0.3 is 10.6 Å². The summed E-state index contributed by atoms with van der Waals surface area (Å²) in [5.41, 5.74) is -0.598. The van der Waals surface area contributed by atoms with Gasteiger partial charge in [-0.1, -0.05) is 50.2 Å². The first-order valence-electron chi connectivity index (χ1n) is 9.57. The van der Waals surface area contributed by atoms with Gasteiger partial charge in [-0.3, -0.25) is 14.5 Å². The molecule has 0 aliphatic carbocycles. The zero-order chi connectivity index (χ0) is 22.1. The summed E-state index contributed by atoms with van der Waals surface area (Å²) in [5, 5.41) is 5.34. The molecule has 0 aromatic heterocycles. The Kier molecular flexibility index (Phi) is 5.87. The van der Waals surface area contributed by atoms with Crippen LogP contribution in [0.1, 0.15) is 37.9 Å². The topological polar surface area (TPSA) is 78.5 Å². The van der Waals surface area contributed by atoms with Crippen molar-refractivity contribution in [2.45, 2.75) is 32.4 Å². The summed E-state index contributed by atoms with van der Waals surface area (Å²) in [6.07, 6.45) is 0. The summed E-state index contributed by atoms with van der Waals surface area (Å²) in [4.78, 5) is 38.7. The van der Waals surface area contributed by atoms with Crippen molar-refractivity contribution in [2.24, 2.45) is 5.92 Å². The van der Waals surface area contributed by atoms with E-state index < -0.39 is 41.6 Å². The van der Waals surface area contributed by atoms with Crippen molar-refractivity contribution >= 4 is 17.8 Å². The van der Waals surface area contributed by atoms with Gasteiger partial charge >= 0.3 is 6.03 Å². The number of carbonyl (C=O) groups excluding carboxylic acids is 3. The molecule has 4 amide bonds. The largest absolute Gasteiger partial charge is 0.347 e. The number of rotatable bonds is 6. The van der Waals surface area contributed by atoms with Gasteiger partial charge in [0.25, 0.3) is 5.91 Å². The average Bonchev–Trinajstić information content (AvgIpc) is 2.92. The van der Waals surface area contributed by atoms with Gasteiger partial charge in [0.2, 0.25) is 5.91 Å². The van der Waals surface area contributed by atoms with Crippen molar-refractivity contribution in [1.29, 1.82) is 0 Å². The summed E-state index contributed by atoms with van der Waals surface area (Å²) < 4.78 is 26.9. The molecule has 1 fully saturated rings. The molecule has 1 aliphatic heterocycles. The molecule has 6 nitrogen and oxygen atoms in total. The molecule has 8 heteroatoms. The quantitative estimate of drug-likeness (QED) is 0.711. The van der Waals surface area contributed by atoms with Crippen LogP contribution in [0.25, 0.3) is 0 Å². The van der Waals surface area contributed by atoms with Crippen LogP contribution in [-0.4, -0.2) is 29.3 Å². The van der Waals surface area contributed by atoms with Gasteiger partial charge in [0.1, 0.15) is 12.1 Å². The van der Waals surface area contributed by atoms with E-state index in [-0.39, 0.29) is 17.5 Å². The number of hydrogen-bond donors (Lipinski definition) is 2. The number of imide groups is 1. The van der Waals surface area contributed by atoms with E-state index in [2.05, 4.69) is 10.6 Å². The van der Waals surface area contributed by atoms with Gasteiger partial charge in [0.05, 0.1) is 6.04 Å². The number of hydrogen-bond acceptors (Lipinski definition) is 3. The van der Waals surface area contributed by atoms with Crippen LogP contribution >= 0.6 is 0 Å². The second-order valence-electron chi connectivity index (χ2n) is 7.78. The maximum absolute atomic E-state index is 13.6. The van der Waals surface area contributed by atoms with Crippen LogP contribution in [0.5, 0.6) is 0 Å². The Morgan fingerprint density at radius 3 is 2.37 bits per heavy atom. The van der Waals surface area contributed by atoms with E-state index in [9.17, 15) is 23.2 Å². The number of amides is 4. The Bertz CT molecular complexity index is 981. The molecule has 30 heavy (non-hydrogen) atoms. The van der Waals surface area contributed by atoms with E-state index in [0.717, 1.165) is 22.6 Å². The predicted octanol–water partition coefficient (Wildman–Crippen LogP) is 3.25. The first-order chi connectivity index (χ1) is 14.1. The zero-order valence-electron chi connectivity index (χ0n) is 16.9. The normalized spacial score (nSPS) is 19.7. The van der Waals surface area contributed by atoms with Crippen molar-refractivity contribution in [3.8, 4) is 0 Å². The lowest BCUT2D eigenvalue weighted by atomic mass is 9.92. The van der Waals surface area contributed by atoms with Crippen molar-refractivity contribution < 1.29 is 23.2 Å². The van der Waals surface area contributed by atoms with Gasteiger partial charge in [0.15, 0.2) is 11.6 Å².